The van der Waals surface area contributed by atoms with Crippen molar-refractivity contribution < 1.29 is 9.53 Å². The third-order valence-corrected chi connectivity index (χ3v) is 3.39. The van der Waals surface area contributed by atoms with Gasteiger partial charge in [-0.1, -0.05) is 41.4 Å². The van der Waals surface area contributed by atoms with Crippen LogP contribution in [0.4, 0.5) is 0 Å². The summed E-state index contributed by atoms with van der Waals surface area (Å²) in [5.41, 5.74) is 1.22. The smallest absolute Gasteiger partial charge is 0.187 e. The van der Waals surface area contributed by atoms with Crippen LogP contribution in [0.15, 0.2) is 48.5 Å². The number of ether oxygens (including phenoxy) is 1. The minimum absolute atomic E-state index is 0.200. The fourth-order valence-corrected chi connectivity index (χ4v) is 2.23. The molecule has 2 nitrogen and oxygen atoms in total. The molecule has 2 aromatic rings. The van der Waals surface area contributed by atoms with E-state index in [1.807, 2.05) is 31.2 Å². The number of carbonyl (C=O) groups excluding carboxylic acids is 1. The van der Waals surface area contributed by atoms with Crippen LogP contribution >= 0.6 is 23.2 Å². The van der Waals surface area contributed by atoms with Crippen LogP contribution in [0.25, 0.3) is 6.08 Å². The number of halogens is 2. The van der Waals surface area contributed by atoms with Gasteiger partial charge in [0.2, 0.25) is 0 Å². The van der Waals surface area contributed by atoms with Crippen molar-refractivity contribution >= 4 is 35.1 Å². The molecule has 2 rings (SSSR count). The number of benzene rings is 2. The number of para-hydroxylation sites is 1. The fraction of sp³-hybridized carbons (Fsp3) is 0.118. The van der Waals surface area contributed by atoms with Gasteiger partial charge in [-0.05, 0) is 43.3 Å². The lowest BCUT2D eigenvalue weighted by atomic mass is 10.1. The van der Waals surface area contributed by atoms with Crippen LogP contribution in [0.2, 0.25) is 10.0 Å². The minimum Gasteiger partial charge on any atom is -0.493 e. The Bertz CT molecular complexity index is 678. The predicted octanol–water partition coefficient (Wildman–Crippen LogP) is 5.29. The van der Waals surface area contributed by atoms with Crippen LogP contribution in [0, 0.1) is 0 Å². The van der Waals surface area contributed by atoms with Gasteiger partial charge in [0.15, 0.2) is 5.78 Å². The van der Waals surface area contributed by atoms with Crippen molar-refractivity contribution in [3.63, 3.8) is 0 Å². The number of rotatable bonds is 5. The highest BCUT2D eigenvalue weighted by atomic mass is 35.5. The number of carbonyl (C=O) groups is 1. The zero-order chi connectivity index (χ0) is 15.2. The summed E-state index contributed by atoms with van der Waals surface area (Å²) in [7, 11) is 0. The zero-order valence-corrected chi connectivity index (χ0v) is 13.0. The lowest BCUT2D eigenvalue weighted by molar-refractivity contribution is 0.104. The summed E-state index contributed by atoms with van der Waals surface area (Å²) in [4.78, 5) is 12.2. The van der Waals surface area contributed by atoms with Crippen LogP contribution < -0.4 is 4.74 Å². The highest BCUT2D eigenvalue weighted by Crippen LogP contribution is 2.23. The highest BCUT2D eigenvalue weighted by molar-refractivity contribution is 6.36. The maximum atomic E-state index is 12.2. The summed E-state index contributed by atoms with van der Waals surface area (Å²) in [5.74, 6) is 0.537. The van der Waals surface area contributed by atoms with Crippen LogP contribution in [-0.4, -0.2) is 12.4 Å². The van der Waals surface area contributed by atoms with Crippen LogP contribution in [0.5, 0.6) is 5.75 Å². The molecule has 0 heterocycles. The minimum atomic E-state index is -0.200. The molecule has 0 amide bonds. The lowest BCUT2D eigenvalue weighted by Crippen LogP contribution is -1.96. The first kappa shape index (κ1) is 15.6. The molecular formula is C17H14Cl2O2. The van der Waals surface area contributed by atoms with Gasteiger partial charge >= 0.3 is 0 Å². The molecule has 2 aromatic carbocycles. The molecule has 0 aliphatic rings. The van der Waals surface area contributed by atoms with Crippen LogP contribution in [0.3, 0.4) is 0 Å². The van der Waals surface area contributed by atoms with Crippen molar-refractivity contribution in [2.75, 3.05) is 6.61 Å². The molecule has 0 N–H and O–H groups in total. The summed E-state index contributed by atoms with van der Waals surface area (Å²) >= 11 is 11.9. The van der Waals surface area contributed by atoms with Crippen molar-refractivity contribution in [3.8, 4) is 5.75 Å². The quantitative estimate of drug-likeness (QED) is 0.552. The van der Waals surface area contributed by atoms with E-state index in [-0.39, 0.29) is 5.78 Å². The largest absolute Gasteiger partial charge is 0.493 e. The SMILES string of the molecule is CCOc1ccccc1C=CC(=O)c1cc(Cl)ccc1Cl. The van der Waals surface area contributed by atoms with Crippen molar-refractivity contribution in [2.45, 2.75) is 6.92 Å². The Morgan fingerprint density at radius 2 is 1.95 bits per heavy atom. The molecule has 0 atom stereocenters. The Balaban J connectivity index is 2.25. The molecular weight excluding hydrogens is 307 g/mol. The Morgan fingerprint density at radius 1 is 1.19 bits per heavy atom. The van der Waals surface area contributed by atoms with Crippen LogP contribution in [0.1, 0.15) is 22.8 Å². The Hall–Kier alpha value is -1.77. The number of hydrogen-bond donors (Lipinski definition) is 0. The summed E-state index contributed by atoms with van der Waals surface area (Å²) < 4.78 is 5.51. The number of hydrogen-bond acceptors (Lipinski definition) is 2. The van der Waals surface area contributed by atoms with E-state index in [0.29, 0.717) is 22.2 Å². The van der Waals surface area contributed by atoms with Gasteiger partial charge in [-0.25, -0.2) is 0 Å². The van der Waals surface area contributed by atoms with E-state index < -0.39 is 0 Å². The normalized spacial score (nSPS) is 10.8. The zero-order valence-electron chi connectivity index (χ0n) is 11.5. The molecule has 0 spiro atoms. The molecule has 4 heteroatoms. The lowest BCUT2D eigenvalue weighted by Gasteiger charge is -2.06. The number of ketones is 1. The Labute approximate surface area is 134 Å². The first-order valence-corrected chi connectivity index (χ1v) is 7.26. The summed E-state index contributed by atoms with van der Waals surface area (Å²) in [6.07, 6.45) is 3.18. The summed E-state index contributed by atoms with van der Waals surface area (Å²) in [6.45, 7) is 2.48. The van der Waals surface area contributed by atoms with E-state index in [9.17, 15) is 4.79 Å². The maximum absolute atomic E-state index is 12.2. The Morgan fingerprint density at radius 3 is 2.71 bits per heavy atom. The molecule has 0 unspecified atom stereocenters. The predicted molar refractivity (Wildman–Crippen MR) is 87.4 cm³/mol. The molecule has 0 saturated carbocycles. The average molecular weight is 321 g/mol. The Kier molecular flexibility index (Phi) is 5.43. The van der Waals surface area contributed by atoms with Crippen molar-refractivity contribution in [1.29, 1.82) is 0 Å². The molecule has 0 saturated heterocycles. The molecule has 0 aliphatic heterocycles. The van der Waals surface area contributed by atoms with Gasteiger partial charge in [-0.3, -0.25) is 4.79 Å². The van der Waals surface area contributed by atoms with E-state index in [4.69, 9.17) is 27.9 Å². The summed E-state index contributed by atoms with van der Waals surface area (Å²) in [6, 6.07) is 12.3. The summed E-state index contributed by atoms with van der Waals surface area (Å²) in [5, 5.41) is 0.859. The van der Waals surface area contributed by atoms with E-state index in [1.165, 1.54) is 6.08 Å². The maximum Gasteiger partial charge on any atom is 0.187 e. The van der Waals surface area contributed by atoms with Gasteiger partial charge in [0, 0.05) is 16.1 Å². The molecule has 0 radical (unpaired) electrons. The van der Waals surface area contributed by atoms with Gasteiger partial charge < -0.3 is 4.74 Å². The molecule has 0 aromatic heterocycles. The molecule has 21 heavy (non-hydrogen) atoms. The third kappa shape index (κ3) is 4.10. The second kappa shape index (κ2) is 7.30. The van der Waals surface area contributed by atoms with Crippen molar-refractivity contribution in [3.05, 3.63) is 69.7 Å². The van der Waals surface area contributed by atoms with E-state index >= 15 is 0 Å². The van der Waals surface area contributed by atoms with E-state index in [0.717, 1.165) is 11.3 Å². The van der Waals surface area contributed by atoms with Crippen LogP contribution in [-0.2, 0) is 0 Å². The molecule has 108 valence electrons. The standard InChI is InChI=1S/C17H14Cl2O2/c1-2-21-17-6-4-3-5-12(17)7-10-16(20)14-11-13(18)8-9-15(14)19/h3-11H,2H2,1H3. The second-order valence-corrected chi connectivity index (χ2v) is 5.14. The molecule has 0 aliphatic carbocycles. The fourth-order valence-electron chi connectivity index (χ4n) is 1.85. The van der Waals surface area contributed by atoms with E-state index in [2.05, 4.69) is 0 Å². The average Bonchev–Trinajstić information content (AvgIpc) is 2.49. The van der Waals surface area contributed by atoms with Crippen molar-refractivity contribution in [1.82, 2.24) is 0 Å². The first-order chi connectivity index (χ1) is 10.1. The molecule has 0 fully saturated rings. The third-order valence-electron chi connectivity index (χ3n) is 2.83. The monoisotopic (exact) mass is 320 g/mol. The highest BCUT2D eigenvalue weighted by Gasteiger charge is 2.08. The topological polar surface area (TPSA) is 26.3 Å². The van der Waals surface area contributed by atoms with E-state index in [1.54, 1.807) is 24.3 Å². The van der Waals surface area contributed by atoms with Crippen molar-refractivity contribution in [2.24, 2.45) is 0 Å². The van der Waals surface area contributed by atoms with Gasteiger partial charge in [-0.2, -0.15) is 0 Å². The first-order valence-electron chi connectivity index (χ1n) is 6.51. The molecule has 0 bridgehead atoms. The number of allylic oxidation sites excluding steroid dienone is 1. The second-order valence-electron chi connectivity index (χ2n) is 4.29. The van der Waals surface area contributed by atoms with Gasteiger partial charge in [-0.15, -0.1) is 0 Å². The van der Waals surface area contributed by atoms with Gasteiger partial charge in [0.05, 0.1) is 11.6 Å². The van der Waals surface area contributed by atoms with Gasteiger partial charge in [0.25, 0.3) is 0 Å². The van der Waals surface area contributed by atoms with Gasteiger partial charge in [0.1, 0.15) is 5.75 Å².